The van der Waals surface area contributed by atoms with Crippen molar-refractivity contribution in [1.82, 2.24) is 29.7 Å². The lowest BCUT2D eigenvalue weighted by Gasteiger charge is -2.34. The highest BCUT2D eigenvalue weighted by Gasteiger charge is 2.56. The van der Waals surface area contributed by atoms with Crippen LogP contribution in [0.3, 0.4) is 0 Å². The number of alkyl halides is 4. The second kappa shape index (κ2) is 23.4. The van der Waals surface area contributed by atoms with Crippen molar-refractivity contribution in [2.75, 3.05) is 74.3 Å². The third-order valence-electron chi connectivity index (χ3n) is 18.9. The monoisotopic (exact) mass is 1350 g/mol. The summed E-state index contributed by atoms with van der Waals surface area (Å²) >= 11 is 15.8. The summed E-state index contributed by atoms with van der Waals surface area (Å²) in [6.45, 7) is 1.32. The number of nitrogens with two attached hydrogens (primary N) is 2. The highest BCUT2D eigenvalue weighted by molar-refractivity contribution is 7.23. The number of aliphatic hydroxyl groups is 1. The molecule has 1 saturated carbocycles. The highest BCUT2D eigenvalue weighted by atomic mass is 35.5. The van der Waals surface area contributed by atoms with Crippen LogP contribution in [0.15, 0.2) is 24.3 Å². The average molecular weight is 1350 g/mol. The molecule has 30 heteroatoms. The summed E-state index contributed by atoms with van der Waals surface area (Å²) in [6.07, 6.45) is -5.10. The average Bonchev–Trinajstić information content (AvgIpc) is 1.09. The van der Waals surface area contributed by atoms with Crippen molar-refractivity contribution in [2.45, 2.75) is 106 Å². The van der Waals surface area contributed by atoms with Crippen molar-refractivity contribution in [3.05, 3.63) is 68.7 Å². The Labute approximate surface area is 536 Å². The summed E-state index contributed by atoms with van der Waals surface area (Å²) < 4.78 is 154. The molecule has 9 atom stereocenters. The van der Waals surface area contributed by atoms with Gasteiger partial charge in [-0.3, -0.25) is 9.80 Å². The number of aromatic nitrogens is 4. The molecule has 0 spiro atoms. The van der Waals surface area contributed by atoms with E-state index >= 15 is 30.7 Å². The number of thiophene rings is 2. The van der Waals surface area contributed by atoms with Crippen LogP contribution in [-0.4, -0.2) is 136 Å². The van der Waals surface area contributed by atoms with E-state index in [1.807, 2.05) is 11.0 Å². The number of hydrogen-bond acceptors (Lipinski definition) is 20. The molecule has 6 N–H and O–H groups in total. The van der Waals surface area contributed by atoms with Gasteiger partial charge in [0.05, 0.1) is 77.1 Å². The number of fused-ring (bicyclic) bond motifs is 5. The van der Waals surface area contributed by atoms with Crippen molar-refractivity contribution in [1.29, 1.82) is 15.8 Å². The van der Waals surface area contributed by atoms with E-state index < -0.39 is 118 Å². The zero-order chi connectivity index (χ0) is 64.6. The Balaban J connectivity index is 0.812. The van der Waals surface area contributed by atoms with Gasteiger partial charge in [0.2, 0.25) is 0 Å². The van der Waals surface area contributed by atoms with Gasteiger partial charge in [0.15, 0.2) is 23.1 Å². The van der Waals surface area contributed by atoms with E-state index in [0.717, 1.165) is 41.2 Å². The fraction of sp³-hybridized carbons (Fsp3) is 0.435. The third-order valence-corrected chi connectivity index (χ3v) is 21.7. The molecular formula is C62H53Cl2F8N13O5S2. The third kappa shape index (κ3) is 9.98. The molecule has 4 aromatic heterocycles. The van der Waals surface area contributed by atoms with Crippen LogP contribution in [0.4, 0.5) is 56.8 Å². The van der Waals surface area contributed by atoms with E-state index in [1.165, 1.54) is 24.0 Å². The number of rotatable bonds is 17. The smallest absolute Gasteiger partial charge is 0.319 e. The number of benzene rings is 4. The second-order valence-corrected chi connectivity index (χ2v) is 27.2. The molecule has 92 heavy (non-hydrogen) atoms. The zero-order valence-electron chi connectivity index (χ0n) is 48.5. The minimum atomic E-state index is -3.06. The summed E-state index contributed by atoms with van der Waals surface area (Å²) in [4.78, 5) is 23.0. The van der Waals surface area contributed by atoms with Gasteiger partial charge in [0.1, 0.15) is 101 Å². The fourth-order valence-corrected chi connectivity index (χ4v) is 17.1. The van der Waals surface area contributed by atoms with Crippen LogP contribution in [0.1, 0.15) is 69.4 Å². The molecular weight excluding hydrogens is 1290 g/mol. The van der Waals surface area contributed by atoms with Crippen LogP contribution in [0.25, 0.3) is 64.2 Å². The van der Waals surface area contributed by atoms with E-state index in [0.29, 0.717) is 32.2 Å². The van der Waals surface area contributed by atoms with Gasteiger partial charge in [0, 0.05) is 60.8 Å². The molecule has 4 aromatic carbocycles. The maximum absolute atomic E-state index is 18.2. The molecule has 5 fully saturated rings. The van der Waals surface area contributed by atoms with Crippen LogP contribution in [0.2, 0.25) is 10.0 Å². The predicted octanol–water partition coefficient (Wildman–Crippen LogP) is 12.6. The molecule has 4 saturated heterocycles. The molecule has 14 rings (SSSR count). The van der Waals surface area contributed by atoms with Crippen LogP contribution in [0, 0.1) is 69.1 Å². The Bertz CT molecular complexity index is 4530. The second-order valence-electron chi connectivity index (χ2n) is 24.4. The van der Waals surface area contributed by atoms with Gasteiger partial charge in [-0.25, -0.2) is 35.1 Å². The predicted molar refractivity (Wildman–Crippen MR) is 330 cm³/mol. The van der Waals surface area contributed by atoms with Gasteiger partial charge in [-0.2, -0.15) is 35.7 Å². The van der Waals surface area contributed by atoms with Gasteiger partial charge in [0.25, 0.3) is 6.43 Å². The number of nitrogen functional groups attached to an aromatic ring is 2. The minimum Gasteiger partial charge on any atom is -0.491 e. The normalized spacial score (nSPS) is 24.7. The largest absolute Gasteiger partial charge is 0.491 e. The number of ether oxygens (including phenoxy) is 4. The van der Waals surface area contributed by atoms with E-state index in [2.05, 4.69) is 37.4 Å². The molecule has 478 valence electrons. The number of hydrogen-bond donors (Lipinski definition) is 4. The van der Waals surface area contributed by atoms with E-state index in [1.54, 1.807) is 4.90 Å². The fourth-order valence-electron chi connectivity index (χ4n) is 14.4. The molecule has 8 aromatic rings. The van der Waals surface area contributed by atoms with Crippen LogP contribution in [-0.2, 0) is 0 Å². The first kappa shape index (κ1) is 61.7. The van der Waals surface area contributed by atoms with Gasteiger partial charge >= 0.3 is 12.0 Å². The van der Waals surface area contributed by atoms with Crippen LogP contribution >= 0.6 is 45.9 Å². The van der Waals surface area contributed by atoms with E-state index in [4.69, 9.17) is 53.6 Å². The number of nitrogens with one attached hydrogen (secondary N) is 1. The topological polar surface area (TPSA) is 254 Å². The summed E-state index contributed by atoms with van der Waals surface area (Å²) in [5, 5.41) is 42.8. The van der Waals surface area contributed by atoms with Crippen molar-refractivity contribution < 1.29 is 59.2 Å². The van der Waals surface area contributed by atoms with Crippen molar-refractivity contribution in [2.24, 2.45) is 11.8 Å². The lowest BCUT2D eigenvalue weighted by molar-refractivity contribution is 0.0859. The van der Waals surface area contributed by atoms with Crippen molar-refractivity contribution >= 4 is 109 Å². The Kier molecular flexibility index (Phi) is 15.7. The number of anilines is 4. The van der Waals surface area contributed by atoms with Crippen molar-refractivity contribution in [3.63, 3.8) is 0 Å². The molecule has 5 aliphatic heterocycles. The molecule has 9 heterocycles. The molecule has 0 amide bonds. The molecule has 6 aliphatic rings. The quantitative estimate of drug-likeness (QED) is 0.0618. The Morgan fingerprint density at radius 3 is 2.13 bits per heavy atom. The number of halogens is 10. The Hall–Kier alpha value is -7.75. The lowest BCUT2D eigenvalue weighted by atomic mass is 9.95. The highest BCUT2D eigenvalue weighted by Crippen LogP contribution is 2.55. The Morgan fingerprint density at radius 1 is 0.815 bits per heavy atom. The minimum absolute atomic E-state index is 0.00133. The number of aliphatic hydroxyl groups excluding tert-OH is 1. The number of nitrogens with zero attached hydrogens (tertiary/aromatic N) is 10. The summed E-state index contributed by atoms with van der Waals surface area (Å²) in [5.41, 5.74) is 8.68. The zero-order valence-corrected chi connectivity index (χ0v) is 51.7. The standard InChI is InChI=1S/C62H53Cl2F8N13O5S2/c1-25(86)8-13-87-49-41-47(45(69)39(43(49)63)29-4-6-33(66)51-37(29)31(18-74)55(77)91-51)78-59(80-54(41)76)90-24-62-10-3-12-85(62)56(35(68)16-62)81-58-32(19-75)38-30(5-7-34(67)52(38)92-58)40-44(64)50-42-48(46(40)70)79-60(89-23-61-9-2-11-83(61)21-28(65)15-61)82-57(42)84(20-27-14-26(27)17-73)36(22-88-50)53(71)72/h4-7,25-28,35-36,53,56,81,86H,2-3,8-16,20-24,77H2,1H3,(H2,76,78,80)/t25-,26?,27?,28+,35+,36+,56?,61-,62-/m0/s1. The molecule has 0 radical (unpaired) electrons. The van der Waals surface area contributed by atoms with Gasteiger partial charge in [-0.05, 0) is 74.8 Å². The maximum Gasteiger partial charge on any atom is 0.319 e. The number of nitriles is 3. The summed E-state index contributed by atoms with van der Waals surface area (Å²) in [7, 11) is 0. The van der Waals surface area contributed by atoms with Gasteiger partial charge < -0.3 is 45.7 Å². The molecule has 18 nitrogen and oxygen atoms in total. The SMILES string of the molecule is C[C@H](O)CCOc1c(Cl)c(-c2ccc(F)c3sc(N)c(C#N)c23)c(F)c2nc(OC[C@@]34CCCN3C(Nc3sc5c(F)ccc(-c6c(Cl)c7c8c(nc(OC[C@@]9%10CCCN9C[C@H](F)C%10)nc8c6F)N(CC6CC6C#N)[C@@H](C(F)F)CO7)c5c3C#N)[C@H](F)C4)nc(N)c12. The van der Waals surface area contributed by atoms with E-state index in [9.17, 15) is 25.3 Å². The van der Waals surface area contributed by atoms with Crippen LogP contribution < -0.4 is 40.6 Å². The first-order chi connectivity index (χ1) is 44.2. The van der Waals surface area contributed by atoms with E-state index in [-0.39, 0.29) is 162 Å². The summed E-state index contributed by atoms with van der Waals surface area (Å²) in [5.74, 6) is -5.55. The maximum atomic E-state index is 18.2. The molecule has 3 unspecified atom stereocenters. The molecule has 0 bridgehead atoms. The molecule has 1 aliphatic carbocycles. The Morgan fingerprint density at radius 2 is 1.46 bits per heavy atom. The van der Waals surface area contributed by atoms with Crippen molar-refractivity contribution in [3.8, 4) is 64.0 Å². The first-order valence-corrected chi connectivity index (χ1v) is 32.0. The van der Waals surface area contributed by atoms with Gasteiger partial charge in [-0.1, -0.05) is 35.3 Å². The van der Waals surface area contributed by atoms with Gasteiger partial charge in [-0.15, -0.1) is 22.7 Å². The van der Waals surface area contributed by atoms with Crippen LogP contribution in [0.5, 0.6) is 23.5 Å². The lowest BCUT2D eigenvalue weighted by Crippen LogP contribution is -2.49. The summed E-state index contributed by atoms with van der Waals surface area (Å²) in [6, 6.07) is 8.26. The first-order valence-electron chi connectivity index (χ1n) is 29.7.